The topological polar surface area (TPSA) is 21.1 Å². The highest BCUT2D eigenvalue weighted by molar-refractivity contribution is 4.98. The lowest BCUT2D eigenvalue weighted by atomic mass is 9.54. The van der Waals surface area contributed by atoms with Gasteiger partial charge in [0.25, 0.3) is 0 Å². The molecule has 0 aromatic carbocycles. The molecular formula is C17H32N2+2. The van der Waals surface area contributed by atoms with Crippen LogP contribution >= 0.6 is 0 Å². The summed E-state index contributed by atoms with van der Waals surface area (Å²) in [4.78, 5) is 1.84. The highest BCUT2D eigenvalue weighted by Crippen LogP contribution is 2.52. The lowest BCUT2D eigenvalue weighted by molar-refractivity contribution is -0.913. The van der Waals surface area contributed by atoms with Gasteiger partial charge in [-0.1, -0.05) is 0 Å². The average molecular weight is 264 g/mol. The molecule has 108 valence electrons. The summed E-state index contributed by atoms with van der Waals surface area (Å²) >= 11 is 0. The van der Waals surface area contributed by atoms with Gasteiger partial charge in [0.05, 0.1) is 31.7 Å². The molecule has 5 aliphatic rings. The quantitative estimate of drug-likeness (QED) is 0.738. The fourth-order valence-corrected chi connectivity index (χ4v) is 6.19. The third-order valence-corrected chi connectivity index (χ3v) is 7.03. The van der Waals surface area contributed by atoms with Crippen LogP contribution in [0.15, 0.2) is 0 Å². The van der Waals surface area contributed by atoms with Crippen LogP contribution in [-0.4, -0.2) is 31.7 Å². The zero-order chi connectivity index (χ0) is 12.8. The standard InChI is InChI=1S/C17H30N2/c1-2-19-5-3-16(4-6-19)18-17-14-8-12-7-13(10-14)11-15(17)9-12/h12-18H,2-11H2,1H3/p+2. The molecule has 1 saturated heterocycles. The molecule has 4 saturated carbocycles. The maximum atomic E-state index is 2.87. The molecule has 1 aliphatic heterocycles. The van der Waals surface area contributed by atoms with Crippen molar-refractivity contribution < 1.29 is 10.2 Å². The predicted octanol–water partition coefficient (Wildman–Crippen LogP) is 0.442. The summed E-state index contributed by atoms with van der Waals surface area (Å²) < 4.78 is 0. The van der Waals surface area contributed by atoms with Gasteiger partial charge in [0, 0.05) is 24.7 Å². The average Bonchev–Trinajstić information content (AvgIpc) is 2.43. The normalized spacial score (nSPS) is 52.6. The SMILES string of the molecule is CC[NH+]1CCC([NH2+]C2C3CC4CC(C3)CC2C4)CC1. The van der Waals surface area contributed by atoms with E-state index in [2.05, 4.69) is 12.2 Å². The van der Waals surface area contributed by atoms with E-state index in [0.717, 1.165) is 35.8 Å². The monoisotopic (exact) mass is 264 g/mol. The van der Waals surface area contributed by atoms with Gasteiger partial charge in [-0.05, 0) is 50.9 Å². The van der Waals surface area contributed by atoms with Crippen LogP contribution in [0.25, 0.3) is 0 Å². The highest BCUT2D eigenvalue weighted by atomic mass is 15.1. The first-order valence-electron chi connectivity index (χ1n) is 9.00. The minimum Gasteiger partial charge on any atom is -0.341 e. The van der Waals surface area contributed by atoms with Crippen LogP contribution < -0.4 is 10.2 Å². The molecule has 1 heterocycles. The van der Waals surface area contributed by atoms with E-state index in [-0.39, 0.29) is 0 Å². The fourth-order valence-electron chi connectivity index (χ4n) is 6.19. The second-order valence-electron chi connectivity index (χ2n) is 8.14. The molecule has 0 aromatic rings. The van der Waals surface area contributed by atoms with Crippen molar-refractivity contribution >= 4 is 0 Å². The second-order valence-corrected chi connectivity index (χ2v) is 8.14. The number of piperidine rings is 1. The number of rotatable bonds is 3. The smallest absolute Gasteiger partial charge is 0.0969 e. The zero-order valence-electron chi connectivity index (χ0n) is 12.6. The number of nitrogens with two attached hydrogens (primary N) is 1. The Labute approximate surface area is 118 Å². The molecule has 0 unspecified atom stereocenters. The molecule has 2 nitrogen and oxygen atoms in total. The summed E-state index contributed by atoms with van der Waals surface area (Å²) in [5.74, 6) is 4.48. The van der Waals surface area contributed by atoms with Crippen molar-refractivity contribution in [1.29, 1.82) is 0 Å². The van der Waals surface area contributed by atoms with Crippen LogP contribution in [0.3, 0.4) is 0 Å². The van der Waals surface area contributed by atoms with E-state index in [0.29, 0.717) is 0 Å². The molecule has 19 heavy (non-hydrogen) atoms. The van der Waals surface area contributed by atoms with Crippen molar-refractivity contribution in [3.05, 3.63) is 0 Å². The molecule has 0 aromatic heterocycles. The lowest BCUT2D eigenvalue weighted by Gasteiger charge is -2.53. The first-order chi connectivity index (χ1) is 9.31. The summed E-state index contributed by atoms with van der Waals surface area (Å²) in [6.45, 7) is 6.55. The van der Waals surface area contributed by atoms with Crippen LogP contribution in [0.4, 0.5) is 0 Å². The summed E-state index contributed by atoms with van der Waals surface area (Å²) in [6.07, 6.45) is 10.9. The van der Waals surface area contributed by atoms with Crippen molar-refractivity contribution in [3.63, 3.8) is 0 Å². The Balaban J connectivity index is 1.36. The van der Waals surface area contributed by atoms with E-state index >= 15 is 0 Å². The van der Waals surface area contributed by atoms with Crippen molar-refractivity contribution in [2.24, 2.45) is 23.7 Å². The zero-order valence-corrected chi connectivity index (χ0v) is 12.6. The molecule has 0 amide bonds. The number of hydrogen-bond acceptors (Lipinski definition) is 0. The Morgan fingerprint density at radius 2 is 1.47 bits per heavy atom. The molecule has 3 N–H and O–H groups in total. The molecular weight excluding hydrogens is 232 g/mol. The van der Waals surface area contributed by atoms with Gasteiger partial charge in [0.2, 0.25) is 0 Å². The summed E-state index contributed by atoms with van der Waals surface area (Å²) in [6, 6.07) is 2.00. The van der Waals surface area contributed by atoms with Gasteiger partial charge in [-0.2, -0.15) is 0 Å². The van der Waals surface area contributed by atoms with Gasteiger partial charge in [-0.25, -0.2) is 0 Å². The summed E-state index contributed by atoms with van der Waals surface area (Å²) in [5.41, 5.74) is 0. The van der Waals surface area contributed by atoms with Crippen molar-refractivity contribution in [3.8, 4) is 0 Å². The molecule has 2 heteroatoms. The van der Waals surface area contributed by atoms with E-state index in [4.69, 9.17) is 0 Å². The molecule has 5 rings (SSSR count). The van der Waals surface area contributed by atoms with E-state index < -0.39 is 0 Å². The Hall–Kier alpha value is -0.0800. The van der Waals surface area contributed by atoms with E-state index in [1.165, 1.54) is 32.5 Å². The van der Waals surface area contributed by atoms with Crippen molar-refractivity contribution in [1.82, 2.24) is 0 Å². The van der Waals surface area contributed by atoms with Gasteiger partial charge < -0.3 is 10.2 Å². The molecule has 4 aliphatic carbocycles. The Kier molecular flexibility index (Phi) is 3.35. The third-order valence-electron chi connectivity index (χ3n) is 7.03. The van der Waals surface area contributed by atoms with E-state index in [1.807, 2.05) is 4.90 Å². The minimum absolute atomic E-state index is 0.970. The predicted molar refractivity (Wildman–Crippen MR) is 77.0 cm³/mol. The largest absolute Gasteiger partial charge is 0.341 e. The van der Waals surface area contributed by atoms with Crippen molar-refractivity contribution in [2.45, 2.75) is 64.0 Å². The first-order valence-corrected chi connectivity index (χ1v) is 9.00. The third kappa shape index (κ3) is 2.35. The second kappa shape index (κ2) is 5.04. The number of likely N-dealkylation sites (tertiary alicyclic amines) is 1. The van der Waals surface area contributed by atoms with E-state index in [1.54, 1.807) is 32.1 Å². The van der Waals surface area contributed by atoms with Crippen molar-refractivity contribution in [2.75, 3.05) is 19.6 Å². The highest BCUT2D eigenvalue weighted by Gasteiger charge is 2.50. The maximum Gasteiger partial charge on any atom is 0.0969 e. The van der Waals surface area contributed by atoms with Crippen LogP contribution in [0.2, 0.25) is 0 Å². The Bertz CT molecular complexity index is 291. The number of nitrogens with one attached hydrogen (secondary N) is 1. The van der Waals surface area contributed by atoms with Crippen LogP contribution in [-0.2, 0) is 0 Å². The van der Waals surface area contributed by atoms with Gasteiger partial charge in [0.15, 0.2) is 0 Å². The van der Waals surface area contributed by atoms with Crippen LogP contribution in [0.5, 0.6) is 0 Å². The van der Waals surface area contributed by atoms with Crippen LogP contribution in [0.1, 0.15) is 51.9 Å². The summed E-state index contributed by atoms with van der Waals surface area (Å²) in [7, 11) is 0. The van der Waals surface area contributed by atoms with Crippen LogP contribution in [0, 0.1) is 23.7 Å². The Morgan fingerprint density at radius 1 is 0.895 bits per heavy atom. The number of hydrogen-bond donors (Lipinski definition) is 2. The molecule has 0 atom stereocenters. The molecule has 4 bridgehead atoms. The minimum atomic E-state index is 0.970. The summed E-state index contributed by atoms with van der Waals surface area (Å²) in [5, 5.41) is 2.87. The van der Waals surface area contributed by atoms with E-state index in [9.17, 15) is 0 Å². The van der Waals surface area contributed by atoms with Gasteiger partial charge in [-0.15, -0.1) is 0 Å². The first kappa shape index (κ1) is 12.6. The van der Waals surface area contributed by atoms with Gasteiger partial charge in [0.1, 0.15) is 0 Å². The fraction of sp³-hybridized carbons (Fsp3) is 1.00. The molecule has 0 radical (unpaired) electrons. The molecule has 0 spiro atoms. The van der Waals surface area contributed by atoms with Gasteiger partial charge >= 0.3 is 0 Å². The maximum absolute atomic E-state index is 2.87. The molecule has 5 fully saturated rings. The van der Waals surface area contributed by atoms with Gasteiger partial charge in [-0.3, -0.25) is 0 Å². The Morgan fingerprint density at radius 3 is 2.00 bits per heavy atom. The lowest BCUT2D eigenvalue weighted by Crippen LogP contribution is -3.15. The number of quaternary nitrogens is 2.